The number of likely N-dealkylation sites (N-methyl/N-ethyl adjacent to an activating group) is 1. The van der Waals surface area contributed by atoms with Gasteiger partial charge in [-0.3, -0.25) is 9.59 Å². The summed E-state index contributed by atoms with van der Waals surface area (Å²) in [5.74, 6) is 0.418. The zero-order valence-corrected chi connectivity index (χ0v) is 13.0. The third-order valence-electron chi connectivity index (χ3n) is 3.38. The van der Waals surface area contributed by atoms with Crippen molar-refractivity contribution in [1.29, 1.82) is 0 Å². The fraction of sp³-hybridized carbons (Fsp3) is 0.500. The van der Waals surface area contributed by atoms with Gasteiger partial charge in [0, 0.05) is 13.1 Å². The third-order valence-corrected chi connectivity index (χ3v) is 3.38. The van der Waals surface area contributed by atoms with E-state index in [9.17, 15) is 9.59 Å². The van der Waals surface area contributed by atoms with Gasteiger partial charge in [0.25, 0.3) is 0 Å². The Kier molecular flexibility index (Phi) is 5.77. The molecule has 0 aliphatic heterocycles. The molecule has 0 heterocycles. The molecule has 0 atom stereocenters. The van der Waals surface area contributed by atoms with Crippen molar-refractivity contribution in [1.82, 2.24) is 10.2 Å². The van der Waals surface area contributed by atoms with Gasteiger partial charge in [-0.05, 0) is 30.5 Å². The Bertz CT molecular complexity index is 529. The lowest BCUT2D eigenvalue weighted by atomic mass is 10.2. The molecular formula is C16H22N2O4. The Morgan fingerprint density at radius 1 is 1.36 bits per heavy atom. The highest BCUT2D eigenvalue weighted by Gasteiger charge is 2.24. The van der Waals surface area contributed by atoms with E-state index in [1.54, 1.807) is 14.2 Å². The number of nitrogens with one attached hydrogen (secondary N) is 1. The molecule has 0 bridgehead atoms. The van der Waals surface area contributed by atoms with Gasteiger partial charge in [-0.15, -0.1) is 0 Å². The first kappa shape index (κ1) is 16.3. The van der Waals surface area contributed by atoms with E-state index in [1.807, 2.05) is 24.3 Å². The molecule has 1 aromatic carbocycles. The van der Waals surface area contributed by atoms with E-state index >= 15 is 0 Å². The summed E-state index contributed by atoms with van der Waals surface area (Å²) >= 11 is 0. The minimum Gasteiger partial charge on any atom is -0.497 e. The van der Waals surface area contributed by atoms with Crippen LogP contribution < -0.4 is 10.1 Å². The van der Waals surface area contributed by atoms with E-state index in [2.05, 4.69) is 5.32 Å². The van der Waals surface area contributed by atoms with E-state index in [-0.39, 0.29) is 25.0 Å². The molecule has 2 amide bonds. The predicted octanol–water partition coefficient (Wildman–Crippen LogP) is 0.949. The van der Waals surface area contributed by atoms with Crippen LogP contribution in [0.25, 0.3) is 0 Å². The summed E-state index contributed by atoms with van der Waals surface area (Å²) in [6, 6.07) is 7.78. The van der Waals surface area contributed by atoms with Crippen molar-refractivity contribution in [3.8, 4) is 5.75 Å². The summed E-state index contributed by atoms with van der Waals surface area (Å²) in [7, 11) is 3.20. The number of hydrogen-bond acceptors (Lipinski definition) is 4. The molecule has 6 heteroatoms. The Hall–Kier alpha value is -2.08. The molecule has 0 spiro atoms. The predicted molar refractivity (Wildman–Crippen MR) is 81.5 cm³/mol. The molecule has 0 unspecified atom stereocenters. The average molecular weight is 306 g/mol. The maximum atomic E-state index is 11.9. The molecule has 1 aliphatic carbocycles. The molecule has 1 saturated carbocycles. The van der Waals surface area contributed by atoms with Crippen molar-refractivity contribution in [2.75, 3.05) is 27.3 Å². The highest BCUT2D eigenvalue weighted by Crippen LogP contribution is 2.18. The summed E-state index contributed by atoms with van der Waals surface area (Å²) in [4.78, 5) is 24.9. The standard InChI is InChI=1S/C16H22N2O4/c1-18(9-15(19)17-13-6-7-13)16(20)11-22-10-12-4-3-5-14(8-12)21-2/h3-5,8,13H,6-7,9-11H2,1-2H3,(H,17,19). The van der Waals surface area contributed by atoms with Crippen LogP contribution in [0, 0.1) is 0 Å². The highest BCUT2D eigenvalue weighted by atomic mass is 16.5. The van der Waals surface area contributed by atoms with Crippen LogP contribution in [0.15, 0.2) is 24.3 Å². The van der Waals surface area contributed by atoms with Crippen LogP contribution >= 0.6 is 0 Å². The normalized spacial score (nSPS) is 13.5. The summed E-state index contributed by atoms with van der Waals surface area (Å²) < 4.78 is 10.5. The third kappa shape index (κ3) is 5.37. The fourth-order valence-electron chi connectivity index (χ4n) is 1.93. The number of benzene rings is 1. The molecule has 6 nitrogen and oxygen atoms in total. The van der Waals surface area contributed by atoms with Gasteiger partial charge in [0.2, 0.25) is 11.8 Å². The first-order valence-corrected chi connectivity index (χ1v) is 7.32. The summed E-state index contributed by atoms with van der Waals surface area (Å²) in [6.45, 7) is 0.341. The first-order valence-electron chi connectivity index (χ1n) is 7.32. The number of nitrogens with zero attached hydrogens (tertiary/aromatic N) is 1. The van der Waals surface area contributed by atoms with Crippen molar-refractivity contribution < 1.29 is 19.1 Å². The van der Waals surface area contributed by atoms with Crippen LogP contribution in [0.1, 0.15) is 18.4 Å². The molecule has 0 radical (unpaired) electrons. The molecule has 0 saturated heterocycles. The smallest absolute Gasteiger partial charge is 0.248 e. The van der Waals surface area contributed by atoms with Crippen molar-refractivity contribution in [2.24, 2.45) is 0 Å². The van der Waals surface area contributed by atoms with E-state index < -0.39 is 0 Å². The lowest BCUT2D eigenvalue weighted by Crippen LogP contribution is -2.40. The summed E-state index contributed by atoms with van der Waals surface area (Å²) in [5, 5.41) is 2.85. The highest BCUT2D eigenvalue weighted by molar-refractivity contribution is 5.85. The largest absolute Gasteiger partial charge is 0.497 e. The average Bonchev–Trinajstić information content (AvgIpc) is 3.31. The second-order valence-electron chi connectivity index (χ2n) is 5.44. The lowest BCUT2D eigenvalue weighted by molar-refractivity contribution is -0.138. The Morgan fingerprint density at radius 3 is 2.82 bits per heavy atom. The molecule has 1 aliphatic rings. The zero-order chi connectivity index (χ0) is 15.9. The minimum absolute atomic E-state index is 0.0512. The maximum absolute atomic E-state index is 11.9. The van der Waals surface area contributed by atoms with Crippen molar-refractivity contribution >= 4 is 11.8 Å². The van der Waals surface area contributed by atoms with E-state index in [1.165, 1.54) is 4.90 Å². The van der Waals surface area contributed by atoms with Gasteiger partial charge in [-0.25, -0.2) is 0 Å². The van der Waals surface area contributed by atoms with Gasteiger partial charge in [0.1, 0.15) is 12.4 Å². The monoisotopic (exact) mass is 306 g/mol. The van der Waals surface area contributed by atoms with Crippen molar-refractivity contribution in [3.05, 3.63) is 29.8 Å². The van der Waals surface area contributed by atoms with Crippen molar-refractivity contribution in [2.45, 2.75) is 25.5 Å². The van der Waals surface area contributed by atoms with E-state index in [4.69, 9.17) is 9.47 Å². The number of amides is 2. The van der Waals surface area contributed by atoms with E-state index in [0.29, 0.717) is 12.6 Å². The number of rotatable bonds is 8. The molecule has 120 valence electrons. The molecule has 22 heavy (non-hydrogen) atoms. The molecule has 1 fully saturated rings. The second-order valence-corrected chi connectivity index (χ2v) is 5.44. The van der Waals surface area contributed by atoms with Gasteiger partial charge < -0.3 is 19.7 Å². The van der Waals surface area contributed by atoms with Crippen LogP contribution in [0.4, 0.5) is 0 Å². The SMILES string of the molecule is COc1cccc(COCC(=O)N(C)CC(=O)NC2CC2)c1. The van der Waals surface area contributed by atoms with Crippen LogP contribution in [0.5, 0.6) is 5.75 Å². The Morgan fingerprint density at radius 2 is 2.14 bits per heavy atom. The number of carbonyl (C=O) groups excluding carboxylic acids is 2. The number of carbonyl (C=O) groups is 2. The van der Waals surface area contributed by atoms with Crippen LogP contribution in [0.2, 0.25) is 0 Å². The lowest BCUT2D eigenvalue weighted by Gasteiger charge is -2.16. The quantitative estimate of drug-likeness (QED) is 0.776. The van der Waals surface area contributed by atoms with Gasteiger partial charge in [0.05, 0.1) is 20.3 Å². The topological polar surface area (TPSA) is 67.9 Å². The van der Waals surface area contributed by atoms with Gasteiger partial charge in [-0.1, -0.05) is 12.1 Å². The molecule has 2 rings (SSSR count). The number of methoxy groups -OCH3 is 1. The van der Waals surface area contributed by atoms with Crippen LogP contribution in [-0.2, 0) is 20.9 Å². The van der Waals surface area contributed by atoms with Crippen LogP contribution in [0.3, 0.4) is 0 Å². The summed E-state index contributed by atoms with van der Waals surface area (Å²) in [5.41, 5.74) is 0.932. The number of hydrogen-bond donors (Lipinski definition) is 1. The summed E-state index contributed by atoms with van der Waals surface area (Å²) in [6.07, 6.45) is 2.07. The Labute approximate surface area is 130 Å². The van der Waals surface area contributed by atoms with Gasteiger partial charge in [-0.2, -0.15) is 0 Å². The molecule has 0 aromatic heterocycles. The second kappa shape index (κ2) is 7.79. The van der Waals surface area contributed by atoms with Gasteiger partial charge in [0.15, 0.2) is 0 Å². The van der Waals surface area contributed by atoms with Crippen LogP contribution in [-0.4, -0.2) is 50.1 Å². The Balaban J connectivity index is 1.68. The van der Waals surface area contributed by atoms with Crippen molar-refractivity contribution in [3.63, 3.8) is 0 Å². The van der Waals surface area contributed by atoms with Gasteiger partial charge >= 0.3 is 0 Å². The van der Waals surface area contributed by atoms with E-state index in [0.717, 1.165) is 24.2 Å². The molecule has 1 N–H and O–H groups in total. The molecular weight excluding hydrogens is 284 g/mol. The maximum Gasteiger partial charge on any atom is 0.248 e. The minimum atomic E-state index is -0.214. The fourth-order valence-corrected chi connectivity index (χ4v) is 1.93. The molecule has 1 aromatic rings. The zero-order valence-electron chi connectivity index (χ0n) is 13.0. The first-order chi connectivity index (χ1) is 10.6. The number of ether oxygens (including phenoxy) is 2.